The van der Waals surface area contributed by atoms with Crippen molar-refractivity contribution in [2.45, 2.75) is 0 Å². The van der Waals surface area contributed by atoms with Crippen molar-refractivity contribution >= 4 is 104 Å². The number of hydrogen-bond acceptors (Lipinski definition) is 2. The van der Waals surface area contributed by atoms with E-state index in [0.717, 1.165) is 43.6 Å². The van der Waals surface area contributed by atoms with Gasteiger partial charge in [-0.1, -0.05) is 127 Å². The van der Waals surface area contributed by atoms with Crippen LogP contribution in [0.3, 0.4) is 0 Å². The summed E-state index contributed by atoms with van der Waals surface area (Å²) in [5.41, 5.74) is 8.91. The van der Waals surface area contributed by atoms with E-state index in [1.807, 2.05) is 30.3 Å². The Balaban J connectivity index is 1.15. The third kappa shape index (κ3) is 3.55. The number of benzene rings is 8. The first kappa shape index (κ1) is 28.5. The van der Waals surface area contributed by atoms with E-state index in [2.05, 4.69) is 147 Å². The zero-order chi connectivity index (χ0) is 34.9. The summed E-state index contributed by atoms with van der Waals surface area (Å²) in [6.07, 6.45) is 0. The summed E-state index contributed by atoms with van der Waals surface area (Å²) in [4.78, 5) is 0. The molecule has 5 nitrogen and oxygen atoms in total. The second-order valence-electron chi connectivity index (χ2n) is 14.0. The molecule has 0 atom stereocenters. The molecule has 0 saturated heterocycles. The molecule has 53 heavy (non-hydrogen) atoms. The lowest BCUT2D eigenvalue weighted by molar-refractivity contribution is 1.19. The van der Waals surface area contributed by atoms with E-state index in [0.29, 0.717) is 22.8 Å². The van der Waals surface area contributed by atoms with Gasteiger partial charge in [0, 0.05) is 54.2 Å². The number of nitrogens with one attached hydrogen (secondary N) is 2. The van der Waals surface area contributed by atoms with Crippen molar-refractivity contribution in [3.05, 3.63) is 175 Å². The van der Waals surface area contributed by atoms with Crippen molar-refractivity contribution in [1.29, 1.82) is 10.8 Å². The van der Waals surface area contributed by atoms with Crippen LogP contribution in [0.5, 0.6) is 0 Å². The maximum absolute atomic E-state index is 10.1. The highest BCUT2D eigenvalue weighted by Crippen LogP contribution is 2.46. The fourth-order valence-electron chi connectivity index (χ4n) is 9.32. The van der Waals surface area contributed by atoms with Gasteiger partial charge in [-0.2, -0.15) is 0 Å². The van der Waals surface area contributed by atoms with Crippen LogP contribution in [-0.2, 0) is 0 Å². The largest absolute Gasteiger partial charge is 0.308 e. The van der Waals surface area contributed by atoms with E-state index in [9.17, 15) is 10.8 Å². The predicted octanol–water partition coefficient (Wildman–Crippen LogP) is 12.0. The zero-order valence-electron chi connectivity index (χ0n) is 28.4. The lowest BCUT2D eigenvalue weighted by Crippen LogP contribution is -2.20. The molecule has 0 spiro atoms. The summed E-state index contributed by atoms with van der Waals surface area (Å²) >= 11 is 0. The highest BCUT2D eigenvalue weighted by atomic mass is 15.1. The number of hydrogen-bond donors (Lipinski definition) is 2. The Bertz CT molecular complexity index is 3560. The van der Waals surface area contributed by atoms with Gasteiger partial charge in [0.05, 0.1) is 38.6 Å². The summed E-state index contributed by atoms with van der Waals surface area (Å²) in [6.45, 7) is 0. The Morgan fingerprint density at radius 1 is 0.340 bits per heavy atom. The quantitative estimate of drug-likeness (QED) is 0.135. The van der Waals surface area contributed by atoms with Gasteiger partial charge < -0.3 is 4.40 Å². The molecule has 0 fully saturated rings. The first-order chi connectivity index (χ1) is 26.2. The summed E-state index contributed by atoms with van der Waals surface area (Å²) in [6, 6.07) is 57.1. The molecule has 0 amide bonds. The van der Waals surface area contributed by atoms with Crippen LogP contribution < -0.4 is 0 Å². The summed E-state index contributed by atoms with van der Waals surface area (Å²) in [7, 11) is 0. The smallest absolute Gasteiger partial charge is 0.138 e. The molecule has 8 aromatic carbocycles. The standard InChI is InChI=1S/C48H29N5/c49-47(52-39-23-11-6-18-33(39)43-29-14-2-1-13-28(29)25-26-41(43)52)31-16-3-4-17-32(31)48(50)53-40-24-12-7-19-34(40)44-42(53)27-36-30-15-5-9-21-37(30)51-38-22-10-8-20-35(38)45(44)46(36)51/h1-27,49-50H. The Morgan fingerprint density at radius 2 is 0.811 bits per heavy atom. The van der Waals surface area contributed by atoms with E-state index < -0.39 is 0 Å². The van der Waals surface area contributed by atoms with Crippen LogP contribution in [0.25, 0.3) is 92.5 Å². The van der Waals surface area contributed by atoms with Gasteiger partial charge >= 0.3 is 0 Å². The molecule has 0 aliphatic carbocycles. The van der Waals surface area contributed by atoms with Gasteiger partial charge in [-0.3, -0.25) is 20.0 Å². The summed E-state index contributed by atoms with van der Waals surface area (Å²) in [5.74, 6) is 0.676. The molecule has 4 aromatic heterocycles. The molecular formula is C48H29N5. The van der Waals surface area contributed by atoms with Gasteiger partial charge in [0.2, 0.25) is 0 Å². The molecular weight excluding hydrogens is 647 g/mol. The van der Waals surface area contributed by atoms with Gasteiger partial charge in [0.15, 0.2) is 0 Å². The molecule has 0 aliphatic rings. The van der Waals surface area contributed by atoms with E-state index in [1.165, 1.54) is 48.9 Å². The third-order valence-electron chi connectivity index (χ3n) is 11.5. The van der Waals surface area contributed by atoms with Crippen molar-refractivity contribution in [3.63, 3.8) is 0 Å². The number of fused-ring (bicyclic) bond motifs is 15. The predicted molar refractivity (Wildman–Crippen MR) is 222 cm³/mol. The molecule has 0 aliphatic heterocycles. The van der Waals surface area contributed by atoms with Crippen LogP contribution in [0, 0.1) is 10.8 Å². The van der Waals surface area contributed by atoms with Crippen LogP contribution in [0.1, 0.15) is 11.1 Å². The number of rotatable bonds is 2. The second kappa shape index (κ2) is 10.2. The van der Waals surface area contributed by atoms with Crippen molar-refractivity contribution < 1.29 is 0 Å². The fraction of sp³-hybridized carbons (Fsp3) is 0. The van der Waals surface area contributed by atoms with Gasteiger partial charge in [-0.05, 0) is 47.2 Å². The van der Waals surface area contributed by atoms with Gasteiger partial charge in [0.25, 0.3) is 0 Å². The Hall–Kier alpha value is -7.24. The molecule has 4 heterocycles. The first-order valence-electron chi connectivity index (χ1n) is 18.0. The topological polar surface area (TPSA) is 62.0 Å². The molecule has 0 bridgehead atoms. The van der Waals surface area contributed by atoms with Crippen molar-refractivity contribution in [1.82, 2.24) is 13.5 Å². The van der Waals surface area contributed by atoms with Crippen molar-refractivity contribution in [2.75, 3.05) is 0 Å². The summed E-state index contributed by atoms with van der Waals surface area (Å²) in [5, 5.41) is 31.7. The number of nitrogens with zero attached hydrogens (tertiary/aromatic N) is 3. The van der Waals surface area contributed by atoms with Crippen LogP contribution in [0.4, 0.5) is 0 Å². The molecule has 12 aromatic rings. The maximum atomic E-state index is 10.1. The molecule has 246 valence electrons. The molecule has 5 heteroatoms. The van der Waals surface area contributed by atoms with Gasteiger partial charge in [0.1, 0.15) is 11.7 Å². The van der Waals surface area contributed by atoms with E-state index >= 15 is 0 Å². The molecule has 12 rings (SSSR count). The Morgan fingerprint density at radius 3 is 1.47 bits per heavy atom. The van der Waals surface area contributed by atoms with Crippen molar-refractivity contribution in [2.24, 2.45) is 0 Å². The molecule has 0 unspecified atom stereocenters. The lowest BCUT2D eigenvalue weighted by Gasteiger charge is -2.16. The summed E-state index contributed by atoms with van der Waals surface area (Å²) < 4.78 is 6.59. The SMILES string of the molecule is N=C(c1ccccc1C(=N)n1c2ccccc2c2c3c4ccccc4n4c5ccccc5c(cc21)c34)n1c2ccccc2c2c3ccccc3ccc21. The minimum absolute atomic E-state index is 0.337. The zero-order valence-corrected chi connectivity index (χ0v) is 28.4. The Labute approximate surface area is 302 Å². The molecule has 0 radical (unpaired) electrons. The fourth-order valence-corrected chi connectivity index (χ4v) is 9.32. The molecule has 2 N–H and O–H groups in total. The lowest BCUT2D eigenvalue weighted by atomic mass is 10.0. The van der Waals surface area contributed by atoms with Crippen LogP contribution in [0.15, 0.2) is 164 Å². The first-order valence-corrected chi connectivity index (χ1v) is 18.0. The van der Waals surface area contributed by atoms with Crippen LogP contribution in [-0.4, -0.2) is 25.2 Å². The van der Waals surface area contributed by atoms with E-state index in [4.69, 9.17) is 0 Å². The number of para-hydroxylation sites is 4. The Kier molecular flexibility index (Phi) is 5.47. The minimum atomic E-state index is 0.337. The van der Waals surface area contributed by atoms with Crippen LogP contribution >= 0.6 is 0 Å². The minimum Gasteiger partial charge on any atom is -0.308 e. The highest BCUT2D eigenvalue weighted by Gasteiger charge is 2.26. The molecule has 0 saturated carbocycles. The second-order valence-corrected chi connectivity index (χ2v) is 14.0. The van der Waals surface area contributed by atoms with Gasteiger partial charge in [-0.25, -0.2) is 0 Å². The highest BCUT2D eigenvalue weighted by molar-refractivity contribution is 6.37. The van der Waals surface area contributed by atoms with E-state index in [1.54, 1.807) is 0 Å². The average Bonchev–Trinajstić information content (AvgIpc) is 3.94. The van der Waals surface area contributed by atoms with E-state index in [-0.39, 0.29) is 0 Å². The normalized spacial score (nSPS) is 12.3. The van der Waals surface area contributed by atoms with Crippen LogP contribution in [0.2, 0.25) is 0 Å². The van der Waals surface area contributed by atoms with Gasteiger partial charge in [-0.15, -0.1) is 0 Å². The monoisotopic (exact) mass is 675 g/mol. The maximum Gasteiger partial charge on any atom is 0.138 e. The van der Waals surface area contributed by atoms with Crippen molar-refractivity contribution in [3.8, 4) is 0 Å². The third-order valence-corrected chi connectivity index (χ3v) is 11.5. The number of aromatic nitrogens is 3. The average molecular weight is 676 g/mol.